The lowest BCUT2D eigenvalue weighted by atomic mass is 9.97. The molecule has 0 spiro atoms. The minimum atomic E-state index is 0.439. The van der Waals surface area contributed by atoms with Gasteiger partial charge >= 0.3 is 0 Å². The molecule has 0 aromatic carbocycles. The van der Waals surface area contributed by atoms with E-state index >= 15 is 0 Å². The summed E-state index contributed by atoms with van der Waals surface area (Å²) in [5, 5.41) is 0. The van der Waals surface area contributed by atoms with E-state index < -0.39 is 0 Å². The van der Waals surface area contributed by atoms with Gasteiger partial charge in [-0.3, -0.25) is 0 Å². The number of aromatic nitrogens is 2. The van der Waals surface area contributed by atoms with Crippen LogP contribution in [0, 0.1) is 11.8 Å². The van der Waals surface area contributed by atoms with Crippen molar-refractivity contribution >= 4 is 0 Å². The average Bonchev–Trinajstić information content (AvgIpc) is 2.97. The van der Waals surface area contributed by atoms with E-state index in [1.807, 2.05) is 12.5 Å². The molecular weight excluding hydrogens is 226 g/mol. The SMILES string of the molecule is CC(C)n1cncc1COCC1CCCC1CN. The van der Waals surface area contributed by atoms with Crippen molar-refractivity contribution in [2.45, 2.75) is 45.8 Å². The largest absolute Gasteiger partial charge is 0.375 e. The number of hydrogen-bond donors (Lipinski definition) is 1. The molecule has 18 heavy (non-hydrogen) atoms. The summed E-state index contributed by atoms with van der Waals surface area (Å²) in [5.41, 5.74) is 6.94. The van der Waals surface area contributed by atoms with Gasteiger partial charge in [-0.2, -0.15) is 0 Å². The Morgan fingerprint density at radius 1 is 1.44 bits per heavy atom. The molecule has 1 fully saturated rings. The van der Waals surface area contributed by atoms with Crippen LogP contribution in [0.5, 0.6) is 0 Å². The van der Waals surface area contributed by atoms with Gasteiger partial charge in [0.2, 0.25) is 0 Å². The molecule has 1 aromatic heterocycles. The highest BCUT2D eigenvalue weighted by Crippen LogP contribution is 2.31. The first-order valence-corrected chi connectivity index (χ1v) is 7.01. The third-order valence-corrected chi connectivity index (χ3v) is 4.00. The topological polar surface area (TPSA) is 53.1 Å². The van der Waals surface area contributed by atoms with Crippen molar-refractivity contribution in [3.05, 3.63) is 18.2 Å². The molecule has 4 heteroatoms. The van der Waals surface area contributed by atoms with Gasteiger partial charge in [0.15, 0.2) is 0 Å². The van der Waals surface area contributed by atoms with E-state index in [9.17, 15) is 0 Å². The van der Waals surface area contributed by atoms with E-state index in [2.05, 4.69) is 23.4 Å². The summed E-state index contributed by atoms with van der Waals surface area (Å²) >= 11 is 0. The summed E-state index contributed by atoms with van der Waals surface area (Å²) < 4.78 is 8.03. The Kier molecular flexibility index (Phi) is 4.78. The fourth-order valence-corrected chi connectivity index (χ4v) is 2.87. The van der Waals surface area contributed by atoms with E-state index in [1.165, 1.54) is 19.3 Å². The molecule has 0 saturated heterocycles. The zero-order valence-corrected chi connectivity index (χ0v) is 11.5. The third-order valence-electron chi connectivity index (χ3n) is 4.00. The van der Waals surface area contributed by atoms with E-state index in [1.54, 1.807) is 0 Å². The first kappa shape index (κ1) is 13.6. The van der Waals surface area contributed by atoms with Gasteiger partial charge in [0.05, 0.1) is 31.4 Å². The molecule has 0 amide bonds. The van der Waals surface area contributed by atoms with E-state index in [-0.39, 0.29) is 0 Å². The fourth-order valence-electron chi connectivity index (χ4n) is 2.87. The molecule has 102 valence electrons. The minimum absolute atomic E-state index is 0.439. The summed E-state index contributed by atoms with van der Waals surface area (Å²) in [7, 11) is 0. The Bertz CT molecular complexity index is 362. The van der Waals surface area contributed by atoms with Crippen LogP contribution >= 0.6 is 0 Å². The quantitative estimate of drug-likeness (QED) is 0.844. The van der Waals surface area contributed by atoms with Crippen molar-refractivity contribution in [1.29, 1.82) is 0 Å². The van der Waals surface area contributed by atoms with Gasteiger partial charge in [-0.05, 0) is 45.1 Å². The number of rotatable bonds is 6. The average molecular weight is 251 g/mol. The molecule has 1 heterocycles. The molecule has 0 radical (unpaired) electrons. The van der Waals surface area contributed by atoms with Crippen molar-refractivity contribution in [2.75, 3.05) is 13.2 Å². The zero-order valence-electron chi connectivity index (χ0n) is 11.5. The molecule has 2 rings (SSSR count). The van der Waals surface area contributed by atoms with Gasteiger partial charge in [0.1, 0.15) is 0 Å². The van der Waals surface area contributed by atoms with Crippen molar-refractivity contribution in [3.8, 4) is 0 Å². The van der Waals surface area contributed by atoms with Crippen LogP contribution in [0.2, 0.25) is 0 Å². The first-order chi connectivity index (χ1) is 8.72. The molecule has 0 aliphatic heterocycles. The monoisotopic (exact) mass is 251 g/mol. The normalized spacial score (nSPS) is 24.0. The lowest BCUT2D eigenvalue weighted by molar-refractivity contribution is 0.0712. The van der Waals surface area contributed by atoms with Gasteiger partial charge in [-0.1, -0.05) is 6.42 Å². The van der Waals surface area contributed by atoms with Crippen LogP contribution < -0.4 is 5.73 Å². The summed E-state index contributed by atoms with van der Waals surface area (Å²) in [6, 6.07) is 0.439. The second-order valence-electron chi connectivity index (χ2n) is 5.59. The number of hydrogen-bond acceptors (Lipinski definition) is 3. The van der Waals surface area contributed by atoms with Crippen LogP contribution in [0.4, 0.5) is 0 Å². The van der Waals surface area contributed by atoms with Gasteiger partial charge in [-0.25, -0.2) is 4.98 Å². The highest BCUT2D eigenvalue weighted by atomic mass is 16.5. The third kappa shape index (κ3) is 3.12. The second kappa shape index (κ2) is 6.34. The van der Waals surface area contributed by atoms with Crippen molar-refractivity contribution in [1.82, 2.24) is 9.55 Å². The van der Waals surface area contributed by atoms with Crippen molar-refractivity contribution < 1.29 is 4.74 Å². The second-order valence-corrected chi connectivity index (χ2v) is 5.59. The fraction of sp³-hybridized carbons (Fsp3) is 0.786. The van der Waals surface area contributed by atoms with E-state index in [0.29, 0.717) is 24.5 Å². The molecule has 4 nitrogen and oxygen atoms in total. The molecule has 1 aromatic rings. The van der Waals surface area contributed by atoms with Gasteiger partial charge in [0, 0.05) is 6.04 Å². The highest BCUT2D eigenvalue weighted by Gasteiger charge is 2.26. The Morgan fingerprint density at radius 2 is 2.22 bits per heavy atom. The minimum Gasteiger partial charge on any atom is -0.375 e. The Labute approximate surface area is 110 Å². The summed E-state index contributed by atoms with van der Waals surface area (Å²) in [4.78, 5) is 4.19. The van der Waals surface area contributed by atoms with Crippen LogP contribution in [0.15, 0.2) is 12.5 Å². The maximum atomic E-state index is 5.87. The standard InChI is InChI=1S/C14H25N3O/c1-11(2)17-10-16-7-14(17)9-18-8-13-5-3-4-12(13)6-15/h7,10-13H,3-6,8-9,15H2,1-2H3. The number of imidazole rings is 1. The maximum absolute atomic E-state index is 5.87. The van der Waals surface area contributed by atoms with Crippen molar-refractivity contribution in [3.63, 3.8) is 0 Å². The summed E-state index contributed by atoms with van der Waals surface area (Å²) in [5.74, 6) is 1.32. The molecule has 0 bridgehead atoms. The molecular formula is C14H25N3O. The molecule has 2 unspecified atom stereocenters. The Balaban J connectivity index is 1.79. The Morgan fingerprint density at radius 3 is 2.94 bits per heavy atom. The molecule has 2 atom stereocenters. The van der Waals surface area contributed by atoms with Crippen LogP contribution in [0.25, 0.3) is 0 Å². The zero-order chi connectivity index (χ0) is 13.0. The molecule has 1 saturated carbocycles. The van der Waals surface area contributed by atoms with Crippen LogP contribution in [0.1, 0.15) is 44.8 Å². The Hall–Kier alpha value is -0.870. The maximum Gasteiger partial charge on any atom is 0.0951 e. The molecule has 1 aliphatic rings. The van der Waals surface area contributed by atoms with Crippen molar-refractivity contribution in [2.24, 2.45) is 17.6 Å². The van der Waals surface area contributed by atoms with Gasteiger partial charge < -0.3 is 15.0 Å². The van der Waals surface area contributed by atoms with E-state index in [4.69, 9.17) is 10.5 Å². The lowest BCUT2D eigenvalue weighted by Gasteiger charge is -2.18. The van der Waals surface area contributed by atoms with Crippen LogP contribution in [-0.2, 0) is 11.3 Å². The number of ether oxygens (including phenoxy) is 1. The molecule has 1 aliphatic carbocycles. The predicted molar refractivity (Wildman–Crippen MR) is 72.2 cm³/mol. The number of nitrogens with zero attached hydrogens (tertiary/aromatic N) is 2. The highest BCUT2D eigenvalue weighted by molar-refractivity contribution is 4.98. The smallest absolute Gasteiger partial charge is 0.0951 e. The number of nitrogens with two attached hydrogens (primary N) is 1. The lowest BCUT2D eigenvalue weighted by Crippen LogP contribution is -2.22. The van der Waals surface area contributed by atoms with Gasteiger partial charge in [0.25, 0.3) is 0 Å². The van der Waals surface area contributed by atoms with E-state index in [0.717, 1.165) is 18.8 Å². The van der Waals surface area contributed by atoms with Crippen LogP contribution in [0.3, 0.4) is 0 Å². The molecule has 2 N–H and O–H groups in total. The predicted octanol–water partition coefficient (Wildman–Crippen LogP) is 2.36. The summed E-state index contributed by atoms with van der Waals surface area (Å²) in [6.07, 6.45) is 7.62. The summed E-state index contributed by atoms with van der Waals surface area (Å²) in [6.45, 7) is 6.62. The first-order valence-electron chi connectivity index (χ1n) is 7.01. The van der Waals surface area contributed by atoms with Crippen LogP contribution in [-0.4, -0.2) is 22.7 Å². The van der Waals surface area contributed by atoms with Gasteiger partial charge in [-0.15, -0.1) is 0 Å².